The molecule has 37 heavy (non-hydrogen) atoms. The second-order valence-corrected chi connectivity index (χ2v) is 11.6. The number of hydrogen-bond acceptors (Lipinski definition) is 6. The maximum absolute atomic E-state index is 13.5. The summed E-state index contributed by atoms with van der Waals surface area (Å²) in [4.78, 5) is 2.45. The van der Waals surface area contributed by atoms with Crippen molar-refractivity contribution < 1.29 is 17.5 Å². The maximum Gasteiger partial charge on any atom is 0.246 e. The average molecular weight is 525 g/mol. The van der Waals surface area contributed by atoms with Gasteiger partial charge in [0.15, 0.2) is 0 Å². The first-order valence-corrected chi connectivity index (χ1v) is 14.0. The molecule has 11 heteroatoms. The van der Waals surface area contributed by atoms with Crippen LogP contribution < -0.4 is 4.90 Å². The Hall–Kier alpha value is -3.28. The monoisotopic (exact) mass is 524 g/mol. The van der Waals surface area contributed by atoms with E-state index in [-0.39, 0.29) is 22.8 Å². The van der Waals surface area contributed by atoms with Gasteiger partial charge >= 0.3 is 0 Å². The predicted octanol–water partition coefficient (Wildman–Crippen LogP) is 3.61. The van der Waals surface area contributed by atoms with Gasteiger partial charge < -0.3 is 9.64 Å². The number of anilines is 1. The lowest BCUT2D eigenvalue weighted by Crippen LogP contribution is -2.53. The lowest BCUT2D eigenvalue weighted by molar-refractivity contribution is 0.0662. The predicted molar refractivity (Wildman–Crippen MR) is 138 cm³/mol. The van der Waals surface area contributed by atoms with Gasteiger partial charge in [-0.25, -0.2) is 17.5 Å². The highest BCUT2D eigenvalue weighted by molar-refractivity contribution is 7.89. The van der Waals surface area contributed by atoms with Crippen molar-refractivity contribution in [2.45, 2.75) is 36.7 Å². The molecule has 0 amide bonds. The van der Waals surface area contributed by atoms with Gasteiger partial charge in [-0.05, 0) is 62.2 Å². The number of aromatic nitrogens is 4. The molecule has 2 aliphatic heterocycles. The van der Waals surface area contributed by atoms with E-state index < -0.39 is 10.0 Å². The first-order valence-electron chi connectivity index (χ1n) is 12.5. The third kappa shape index (κ3) is 4.51. The first-order chi connectivity index (χ1) is 17.9. The van der Waals surface area contributed by atoms with Gasteiger partial charge in [0.25, 0.3) is 0 Å². The molecule has 0 saturated carbocycles. The molecule has 1 atom stereocenters. The number of hydrogen-bond donors (Lipinski definition) is 0. The molecule has 0 radical (unpaired) electrons. The molecule has 9 nitrogen and oxygen atoms in total. The molecule has 4 aromatic rings. The van der Waals surface area contributed by atoms with Crippen LogP contribution in [0.1, 0.15) is 25.8 Å². The highest BCUT2D eigenvalue weighted by Crippen LogP contribution is 2.29. The minimum atomic E-state index is -3.65. The van der Waals surface area contributed by atoms with E-state index >= 15 is 0 Å². The van der Waals surface area contributed by atoms with Crippen molar-refractivity contribution in [1.82, 2.24) is 23.9 Å². The Bertz CT molecular complexity index is 1510. The molecular weight excluding hydrogens is 495 g/mol. The Kier molecular flexibility index (Phi) is 6.21. The highest BCUT2D eigenvalue weighted by atomic mass is 32.2. The molecule has 2 aromatic heterocycles. The van der Waals surface area contributed by atoms with Crippen LogP contribution in [0.2, 0.25) is 0 Å². The van der Waals surface area contributed by atoms with Crippen LogP contribution in [0.15, 0.2) is 66.0 Å². The molecule has 0 aliphatic carbocycles. The van der Waals surface area contributed by atoms with Crippen LogP contribution in [0.5, 0.6) is 0 Å². The molecule has 2 aliphatic rings. The summed E-state index contributed by atoms with van der Waals surface area (Å²) in [5.74, 6) is -0.286. The normalized spacial score (nSPS) is 20.1. The van der Waals surface area contributed by atoms with Crippen molar-refractivity contribution in [3.63, 3.8) is 0 Å². The van der Waals surface area contributed by atoms with Gasteiger partial charge in [0.1, 0.15) is 10.7 Å². The molecule has 2 aromatic carbocycles. The Morgan fingerprint density at radius 3 is 2.49 bits per heavy atom. The SMILES string of the molecule is CC1CN(c2ccc3c(cnn3-c3ccc(F)cc3)c2)CCN1S(=O)(=O)c1cnn(C2CCOCC2)c1. The third-order valence-corrected chi connectivity index (χ3v) is 9.27. The smallest absolute Gasteiger partial charge is 0.246 e. The van der Waals surface area contributed by atoms with Gasteiger partial charge in [-0.1, -0.05) is 0 Å². The van der Waals surface area contributed by atoms with Crippen LogP contribution in [0.4, 0.5) is 10.1 Å². The summed E-state index contributed by atoms with van der Waals surface area (Å²) in [5, 5.41) is 9.81. The fourth-order valence-corrected chi connectivity index (χ4v) is 6.83. The van der Waals surface area contributed by atoms with Crippen LogP contribution in [0.3, 0.4) is 0 Å². The van der Waals surface area contributed by atoms with Crippen molar-refractivity contribution >= 4 is 26.6 Å². The fourth-order valence-electron chi connectivity index (χ4n) is 5.28. The van der Waals surface area contributed by atoms with Crippen LogP contribution in [-0.2, 0) is 14.8 Å². The van der Waals surface area contributed by atoms with Crippen molar-refractivity contribution in [1.29, 1.82) is 0 Å². The van der Waals surface area contributed by atoms with Crippen molar-refractivity contribution in [2.75, 3.05) is 37.7 Å². The average Bonchev–Trinajstić information content (AvgIpc) is 3.58. The summed E-state index contributed by atoms with van der Waals surface area (Å²) < 4.78 is 50.8. The molecule has 2 saturated heterocycles. The Morgan fingerprint density at radius 1 is 0.973 bits per heavy atom. The minimum absolute atomic E-state index is 0.175. The maximum atomic E-state index is 13.5. The van der Waals surface area contributed by atoms with E-state index in [9.17, 15) is 12.8 Å². The fraction of sp³-hybridized carbons (Fsp3) is 0.385. The Labute approximate surface area is 215 Å². The van der Waals surface area contributed by atoms with Crippen molar-refractivity contribution in [3.05, 3.63) is 66.9 Å². The van der Waals surface area contributed by atoms with Crippen LogP contribution in [0.25, 0.3) is 16.6 Å². The third-order valence-electron chi connectivity index (χ3n) is 7.30. The number of sulfonamides is 1. The number of piperazine rings is 1. The summed E-state index contributed by atoms with van der Waals surface area (Å²) in [6, 6.07) is 12.3. The summed E-state index contributed by atoms with van der Waals surface area (Å²) in [6.07, 6.45) is 6.60. The van der Waals surface area contributed by atoms with Gasteiger partial charge in [0.2, 0.25) is 10.0 Å². The highest BCUT2D eigenvalue weighted by Gasteiger charge is 2.35. The van der Waals surface area contributed by atoms with E-state index in [1.54, 1.807) is 38.2 Å². The molecule has 2 fully saturated rings. The number of nitrogens with zero attached hydrogens (tertiary/aromatic N) is 6. The molecule has 4 heterocycles. The summed E-state index contributed by atoms with van der Waals surface area (Å²) in [5.41, 5.74) is 2.73. The van der Waals surface area contributed by atoms with E-state index in [1.807, 2.05) is 19.1 Å². The van der Waals surface area contributed by atoms with Crippen LogP contribution in [0, 0.1) is 5.82 Å². The lowest BCUT2D eigenvalue weighted by atomic mass is 10.1. The second kappa shape index (κ2) is 9.55. The largest absolute Gasteiger partial charge is 0.381 e. The summed E-state index contributed by atoms with van der Waals surface area (Å²) in [7, 11) is -3.65. The molecule has 0 spiro atoms. The van der Waals surface area contributed by atoms with E-state index in [4.69, 9.17) is 4.74 Å². The topological polar surface area (TPSA) is 85.5 Å². The molecule has 0 bridgehead atoms. The number of rotatable bonds is 5. The van der Waals surface area contributed by atoms with E-state index in [0.29, 0.717) is 32.8 Å². The molecule has 0 N–H and O–H groups in total. The van der Waals surface area contributed by atoms with Crippen molar-refractivity contribution in [2.24, 2.45) is 0 Å². The molecule has 6 rings (SSSR count). The summed E-state index contributed by atoms with van der Waals surface area (Å²) in [6.45, 7) is 4.82. The van der Waals surface area contributed by atoms with Crippen LogP contribution >= 0.6 is 0 Å². The van der Waals surface area contributed by atoms with Gasteiger partial charge in [-0.3, -0.25) is 4.68 Å². The zero-order chi connectivity index (χ0) is 25.6. The van der Waals surface area contributed by atoms with E-state index in [0.717, 1.165) is 35.1 Å². The van der Waals surface area contributed by atoms with Gasteiger partial charge in [0, 0.05) is 56.2 Å². The number of benzene rings is 2. The van der Waals surface area contributed by atoms with Gasteiger partial charge in [-0.15, -0.1) is 0 Å². The van der Waals surface area contributed by atoms with E-state index in [1.165, 1.54) is 18.3 Å². The summed E-state index contributed by atoms with van der Waals surface area (Å²) >= 11 is 0. The quantitative estimate of drug-likeness (QED) is 0.397. The number of ether oxygens (including phenoxy) is 1. The van der Waals surface area contributed by atoms with Crippen molar-refractivity contribution in [3.8, 4) is 5.69 Å². The first kappa shape index (κ1) is 24.1. The zero-order valence-corrected chi connectivity index (χ0v) is 21.4. The minimum Gasteiger partial charge on any atom is -0.381 e. The lowest BCUT2D eigenvalue weighted by Gasteiger charge is -2.39. The van der Waals surface area contributed by atoms with Crippen LogP contribution in [-0.4, -0.2) is 71.2 Å². The molecule has 1 unspecified atom stereocenters. The van der Waals surface area contributed by atoms with E-state index in [2.05, 4.69) is 21.2 Å². The molecular formula is C26H29FN6O3S. The van der Waals surface area contributed by atoms with Gasteiger partial charge in [0.05, 0.1) is 29.6 Å². The number of halogens is 1. The second-order valence-electron chi connectivity index (χ2n) is 9.69. The molecule has 194 valence electrons. The zero-order valence-electron chi connectivity index (χ0n) is 20.6. The Morgan fingerprint density at radius 2 is 1.73 bits per heavy atom. The number of fused-ring (bicyclic) bond motifs is 1. The standard InChI is InChI=1S/C26H29FN6O3S/c1-19-17-30(24-6-7-26-20(14-24)15-29-33(26)23-4-2-21(27)3-5-23)10-11-32(19)37(34,35)25-16-28-31(18-25)22-8-12-36-13-9-22/h2-7,14-16,18-19,22H,8-13,17H2,1H3. The Balaban J connectivity index is 1.18. The van der Waals surface area contributed by atoms with Gasteiger partial charge in [-0.2, -0.15) is 14.5 Å².